The van der Waals surface area contributed by atoms with Gasteiger partial charge < -0.3 is 14.2 Å². The van der Waals surface area contributed by atoms with Crippen LogP contribution < -0.4 is 0 Å². The maximum atomic E-state index is 12.7. The monoisotopic (exact) mass is 809 g/mol. The van der Waals surface area contributed by atoms with Gasteiger partial charge in [-0.05, 0) is 83.5 Å². The first-order chi connectivity index (χ1) is 28.5. The summed E-state index contributed by atoms with van der Waals surface area (Å²) in [6.07, 6.45) is 57.4. The molecule has 0 rings (SSSR count). The lowest BCUT2D eigenvalue weighted by Crippen LogP contribution is -2.30. The Balaban J connectivity index is 4.46. The molecular weight excluding hydrogens is 721 g/mol. The van der Waals surface area contributed by atoms with E-state index in [1.54, 1.807) is 0 Å². The summed E-state index contributed by atoms with van der Waals surface area (Å²) in [5.74, 6) is -0.958. The van der Waals surface area contributed by atoms with Crippen molar-refractivity contribution in [2.45, 2.75) is 226 Å². The van der Waals surface area contributed by atoms with Crippen molar-refractivity contribution >= 4 is 17.9 Å². The minimum atomic E-state index is -0.799. The molecule has 6 heteroatoms. The second-order valence-electron chi connectivity index (χ2n) is 15.6. The van der Waals surface area contributed by atoms with Crippen LogP contribution in [0.1, 0.15) is 220 Å². The number of esters is 3. The van der Waals surface area contributed by atoms with E-state index in [0.717, 1.165) is 109 Å². The van der Waals surface area contributed by atoms with Crippen molar-refractivity contribution in [1.29, 1.82) is 0 Å². The van der Waals surface area contributed by atoms with Crippen LogP contribution in [-0.4, -0.2) is 37.2 Å². The molecule has 0 bridgehead atoms. The van der Waals surface area contributed by atoms with Gasteiger partial charge in [-0.15, -0.1) is 0 Å². The molecule has 0 aromatic heterocycles. The highest BCUT2D eigenvalue weighted by atomic mass is 16.6. The lowest BCUT2D eigenvalue weighted by Gasteiger charge is -2.18. The van der Waals surface area contributed by atoms with Crippen molar-refractivity contribution in [1.82, 2.24) is 0 Å². The molecule has 6 nitrogen and oxygen atoms in total. The summed E-state index contributed by atoms with van der Waals surface area (Å²) in [7, 11) is 0. The molecule has 0 aliphatic carbocycles. The molecule has 0 aliphatic rings. The Bertz CT molecular complexity index is 1110. The molecule has 0 N–H and O–H groups in total. The Morgan fingerprint density at radius 3 is 1.05 bits per heavy atom. The fraction of sp³-hybridized carbons (Fsp3) is 0.712. The third-order valence-electron chi connectivity index (χ3n) is 9.96. The molecule has 0 spiro atoms. The smallest absolute Gasteiger partial charge is 0.306 e. The van der Waals surface area contributed by atoms with Crippen LogP contribution in [0.5, 0.6) is 0 Å². The minimum Gasteiger partial charge on any atom is -0.462 e. The van der Waals surface area contributed by atoms with E-state index in [0.29, 0.717) is 12.8 Å². The van der Waals surface area contributed by atoms with E-state index in [2.05, 4.69) is 93.7 Å². The summed E-state index contributed by atoms with van der Waals surface area (Å²) < 4.78 is 16.7. The van der Waals surface area contributed by atoms with Crippen molar-refractivity contribution in [3.05, 3.63) is 72.9 Å². The predicted molar refractivity (Wildman–Crippen MR) is 247 cm³/mol. The molecule has 0 saturated heterocycles. The topological polar surface area (TPSA) is 78.9 Å². The highest BCUT2D eigenvalue weighted by Crippen LogP contribution is 2.14. The van der Waals surface area contributed by atoms with E-state index in [1.807, 2.05) is 0 Å². The largest absolute Gasteiger partial charge is 0.462 e. The van der Waals surface area contributed by atoms with E-state index in [1.165, 1.54) is 70.6 Å². The third-order valence-corrected chi connectivity index (χ3v) is 9.96. The second kappa shape index (κ2) is 46.5. The van der Waals surface area contributed by atoms with Gasteiger partial charge in [-0.3, -0.25) is 14.4 Å². The summed E-state index contributed by atoms with van der Waals surface area (Å²) in [6, 6.07) is 0. The number of unbranched alkanes of at least 4 members (excludes halogenated alkanes) is 19. The number of ether oxygens (including phenoxy) is 3. The van der Waals surface area contributed by atoms with Gasteiger partial charge in [-0.2, -0.15) is 0 Å². The first-order valence-electron chi connectivity index (χ1n) is 23.9. The third kappa shape index (κ3) is 44.0. The molecule has 0 heterocycles. The van der Waals surface area contributed by atoms with Crippen LogP contribution in [0, 0.1) is 0 Å². The first kappa shape index (κ1) is 54.9. The van der Waals surface area contributed by atoms with Gasteiger partial charge in [0.15, 0.2) is 6.10 Å². The van der Waals surface area contributed by atoms with Crippen LogP contribution in [0.15, 0.2) is 72.9 Å². The summed E-state index contributed by atoms with van der Waals surface area (Å²) >= 11 is 0. The SMILES string of the molecule is CC/C=C\C/C=C\C/C=C\CCCCCC(=O)OCC(COC(=O)CCCCCCCCCCCCCCCC)OC(=O)CCCCC/C=C\C/C=C\C/C=C\CC. The van der Waals surface area contributed by atoms with Crippen LogP contribution in [0.25, 0.3) is 0 Å². The maximum Gasteiger partial charge on any atom is 0.306 e. The van der Waals surface area contributed by atoms with E-state index in [-0.39, 0.29) is 37.5 Å². The average molecular weight is 809 g/mol. The summed E-state index contributed by atoms with van der Waals surface area (Å²) in [6.45, 7) is 6.35. The van der Waals surface area contributed by atoms with Gasteiger partial charge >= 0.3 is 17.9 Å². The van der Waals surface area contributed by atoms with Crippen molar-refractivity contribution in [3.63, 3.8) is 0 Å². The predicted octanol–water partition coefficient (Wildman–Crippen LogP) is 15.5. The summed E-state index contributed by atoms with van der Waals surface area (Å²) in [5.41, 5.74) is 0. The molecule has 0 aliphatic heterocycles. The number of allylic oxidation sites excluding steroid dienone is 12. The molecule has 332 valence electrons. The van der Waals surface area contributed by atoms with Gasteiger partial charge in [0.1, 0.15) is 13.2 Å². The van der Waals surface area contributed by atoms with Crippen LogP contribution in [-0.2, 0) is 28.6 Å². The Labute approximate surface area is 357 Å². The highest BCUT2D eigenvalue weighted by molar-refractivity contribution is 5.71. The Kier molecular flexibility index (Phi) is 44.0. The normalized spacial score (nSPS) is 12.7. The fourth-order valence-electron chi connectivity index (χ4n) is 6.41. The van der Waals surface area contributed by atoms with E-state index in [9.17, 15) is 14.4 Å². The number of hydrogen-bond donors (Lipinski definition) is 0. The molecule has 1 atom stereocenters. The number of carbonyl (C=O) groups is 3. The molecule has 58 heavy (non-hydrogen) atoms. The van der Waals surface area contributed by atoms with Crippen LogP contribution >= 0.6 is 0 Å². The van der Waals surface area contributed by atoms with Gasteiger partial charge in [-0.25, -0.2) is 0 Å². The van der Waals surface area contributed by atoms with Crippen molar-refractivity contribution in [3.8, 4) is 0 Å². The first-order valence-corrected chi connectivity index (χ1v) is 23.9. The van der Waals surface area contributed by atoms with Crippen molar-refractivity contribution in [2.75, 3.05) is 13.2 Å². The summed E-state index contributed by atoms with van der Waals surface area (Å²) in [4.78, 5) is 37.8. The lowest BCUT2D eigenvalue weighted by atomic mass is 10.0. The van der Waals surface area contributed by atoms with E-state index >= 15 is 0 Å². The van der Waals surface area contributed by atoms with Crippen molar-refractivity contribution < 1.29 is 28.6 Å². The molecule has 0 aromatic carbocycles. The van der Waals surface area contributed by atoms with Gasteiger partial charge in [0, 0.05) is 19.3 Å². The molecule has 0 amide bonds. The Morgan fingerprint density at radius 2 is 0.672 bits per heavy atom. The van der Waals surface area contributed by atoms with Gasteiger partial charge in [-0.1, -0.05) is 190 Å². The Morgan fingerprint density at radius 1 is 0.362 bits per heavy atom. The quantitative estimate of drug-likeness (QED) is 0.0264. The number of carbonyl (C=O) groups excluding carboxylic acids is 3. The van der Waals surface area contributed by atoms with Crippen molar-refractivity contribution in [2.24, 2.45) is 0 Å². The average Bonchev–Trinajstić information content (AvgIpc) is 3.22. The van der Waals surface area contributed by atoms with Gasteiger partial charge in [0.05, 0.1) is 0 Å². The van der Waals surface area contributed by atoms with Gasteiger partial charge in [0.2, 0.25) is 0 Å². The van der Waals surface area contributed by atoms with Crippen LogP contribution in [0.4, 0.5) is 0 Å². The van der Waals surface area contributed by atoms with E-state index in [4.69, 9.17) is 14.2 Å². The van der Waals surface area contributed by atoms with Crippen LogP contribution in [0.3, 0.4) is 0 Å². The zero-order valence-corrected chi connectivity index (χ0v) is 37.8. The second-order valence-corrected chi connectivity index (χ2v) is 15.6. The molecule has 0 saturated carbocycles. The van der Waals surface area contributed by atoms with E-state index < -0.39 is 6.10 Å². The fourth-order valence-corrected chi connectivity index (χ4v) is 6.41. The Hall–Kier alpha value is -3.15. The number of hydrogen-bond acceptors (Lipinski definition) is 6. The molecule has 1 unspecified atom stereocenters. The molecule has 0 fully saturated rings. The van der Waals surface area contributed by atoms with Gasteiger partial charge in [0.25, 0.3) is 0 Å². The molecular formula is C52H88O6. The summed E-state index contributed by atoms with van der Waals surface area (Å²) in [5, 5.41) is 0. The number of rotatable bonds is 42. The zero-order chi connectivity index (χ0) is 42.3. The lowest BCUT2D eigenvalue weighted by molar-refractivity contribution is -0.167. The minimum absolute atomic E-state index is 0.0957. The molecule has 0 radical (unpaired) electrons. The standard InChI is InChI=1S/C52H88O6/c1-4-7-10-13-16-19-22-25-28-30-33-36-39-42-45-51(54)57-48-49(58-52(55)46-43-40-37-34-31-27-24-21-18-15-12-9-6-3)47-56-50(53)44-41-38-35-32-29-26-23-20-17-14-11-8-5-2/h8-9,11-12,17-18,20-21,26-27,29,31,49H,4-7,10,13-16,19,22-25,28,30,32-48H2,1-3H3/b11-8-,12-9-,20-17-,21-18-,29-26-,31-27-. The van der Waals surface area contributed by atoms with Crippen LogP contribution in [0.2, 0.25) is 0 Å². The zero-order valence-electron chi connectivity index (χ0n) is 37.8. The highest BCUT2D eigenvalue weighted by Gasteiger charge is 2.19. The maximum absolute atomic E-state index is 12.7. The molecule has 0 aromatic rings.